The van der Waals surface area contributed by atoms with Gasteiger partial charge >= 0.3 is 0 Å². The molecule has 2 aromatic carbocycles. The van der Waals surface area contributed by atoms with Gasteiger partial charge in [-0.05, 0) is 42.8 Å². The first-order valence-electron chi connectivity index (χ1n) is 11.7. The molecule has 1 fully saturated rings. The number of benzene rings is 2. The SMILES string of the molecule is NC(=O)c1cnc(Nc2ccc(N3CCCN(CCO)CC3)cc2)cc1NCc1ccccc1. The lowest BCUT2D eigenvalue weighted by Crippen LogP contribution is -2.32. The van der Waals surface area contributed by atoms with Gasteiger partial charge in [0.25, 0.3) is 5.91 Å². The van der Waals surface area contributed by atoms with Crippen LogP contribution in [-0.4, -0.2) is 60.2 Å². The minimum absolute atomic E-state index is 0.207. The summed E-state index contributed by atoms with van der Waals surface area (Å²) in [5, 5.41) is 15.8. The molecule has 4 rings (SSSR count). The van der Waals surface area contributed by atoms with Gasteiger partial charge in [0.05, 0.1) is 17.9 Å². The fraction of sp³-hybridized carbons (Fsp3) is 0.308. The lowest BCUT2D eigenvalue weighted by atomic mass is 10.2. The number of carbonyl (C=O) groups is 1. The number of rotatable bonds is 9. The normalized spacial score (nSPS) is 14.4. The van der Waals surface area contributed by atoms with E-state index in [1.54, 1.807) is 0 Å². The van der Waals surface area contributed by atoms with Crippen LogP contribution in [0.4, 0.5) is 22.9 Å². The summed E-state index contributed by atoms with van der Waals surface area (Å²) in [5.41, 5.74) is 9.74. The van der Waals surface area contributed by atoms with Crippen LogP contribution in [0.15, 0.2) is 66.9 Å². The van der Waals surface area contributed by atoms with Gasteiger partial charge in [0.1, 0.15) is 5.82 Å². The van der Waals surface area contributed by atoms with Gasteiger partial charge in [0, 0.05) is 56.4 Å². The van der Waals surface area contributed by atoms with Crippen LogP contribution in [0.3, 0.4) is 0 Å². The van der Waals surface area contributed by atoms with E-state index in [9.17, 15) is 9.90 Å². The summed E-state index contributed by atoms with van der Waals surface area (Å²) in [5.74, 6) is 0.108. The second kappa shape index (κ2) is 11.5. The highest BCUT2D eigenvalue weighted by molar-refractivity contribution is 5.98. The van der Waals surface area contributed by atoms with Crippen molar-refractivity contribution in [3.63, 3.8) is 0 Å². The van der Waals surface area contributed by atoms with Crippen LogP contribution in [0.2, 0.25) is 0 Å². The van der Waals surface area contributed by atoms with Crippen molar-refractivity contribution in [1.29, 1.82) is 0 Å². The van der Waals surface area contributed by atoms with Crippen LogP contribution in [-0.2, 0) is 6.54 Å². The van der Waals surface area contributed by atoms with E-state index in [-0.39, 0.29) is 6.61 Å². The van der Waals surface area contributed by atoms with E-state index in [1.165, 1.54) is 11.9 Å². The Bertz CT molecular complexity index is 1070. The monoisotopic (exact) mass is 460 g/mol. The predicted octanol–water partition coefficient (Wildman–Crippen LogP) is 3.04. The van der Waals surface area contributed by atoms with E-state index in [1.807, 2.05) is 48.5 Å². The quantitative estimate of drug-likeness (QED) is 0.389. The molecular weight excluding hydrogens is 428 g/mol. The van der Waals surface area contributed by atoms with E-state index < -0.39 is 5.91 Å². The highest BCUT2D eigenvalue weighted by Gasteiger charge is 2.15. The third kappa shape index (κ3) is 6.24. The summed E-state index contributed by atoms with van der Waals surface area (Å²) in [6, 6.07) is 20.1. The third-order valence-corrected chi connectivity index (χ3v) is 6.00. The molecule has 2 heterocycles. The number of primary amides is 1. The summed E-state index contributed by atoms with van der Waals surface area (Å²) >= 11 is 0. The van der Waals surface area contributed by atoms with Crippen LogP contribution in [0.25, 0.3) is 0 Å². The van der Waals surface area contributed by atoms with Crippen molar-refractivity contribution >= 4 is 28.8 Å². The largest absolute Gasteiger partial charge is 0.395 e. The van der Waals surface area contributed by atoms with Crippen LogP contribution >= 0.6 is 0 Å². The molecule has 0 aliphatic carbocycles. The number of aliphatic hydroxyl groups is 1. The van der Waals surface area contributed by atoms with Gasteiger partial charge in [-0.2, -0.15) is 0 Å². The number of nitrogens with one attached hydrogen (secondary N) is 2. The van der Waals surface area contributed by atoms with Gasteiger partial charge in [-0.15, -0.1) is 0 Å². The van der Waals surface area contributed by atoms with Gasteiger partial charge in [-0.1, -0.05) is 30.3 Å². The Hall–Kier alpha value is -3.62. The molecule has 0 bridgehead atoms. The van der Waals surface area contributed by atoms with E-state index in [4.69, 9.17) is 5.73 Å². The molecule has 1 aromatic heterocycles. The van der Waals surface area contributed by atoms with E-state index >= 15 is 0 Å². The fourth-order valence-electron chi connectivity index (χ4n) is 4.16. The van der Waals surface area contributed by atoms with E-state index in [0.717, 1.165) is 50.4 Å². The second-order valence-electron chi connectivity index (χ2n) is 8.40. The molecule has 1 saturated heterocycles. The Morgan fingerprint density at radius 3 is 2.56 bits per heavy atom. The minimum atomic E-state index is -0.519. The zero-order valence-corrected chi connectivity index (χ0v) is 19.3. The van der Waals surface area contributed by atoms with Crippen molar-refractivity contribution in [2.24, 2.45) is 5.73 Å². The number of carbonyl (C=O) groups excluding carboxylic acids is 1. The van der Waals surface area contributed by atoms with Crippen LogP contribution < -0.4 is 21.3 Å². The molecule has 1 aliphatic rings. The first-order valence-corrected chi connectivity index (χ1v) is 11.7. The lowest BCUT2D eigenvalue weighted by molar-refractivity contribution is 0.100. The highest BCUT2D eigenvalue weighted by Crippen LogP contribution is 2.24. The molecular formula is C26H32N6O2. The average molecular weight is 461 g/mol. The van der Waals surface area contributed by atoms with E-state index in [0.29, 0.717) is 23.6 Å². The molecule has 0 atom stereocenters. The van der Waals surface area contributed by atoms with Crippen molar-refractivity contribution in [2.45, 2.75) is 13.0 Å². The maximum atomic E-state index is 11.9. The van der Waals surface area contributed by atoms with Crippen molar-refractivity contribution < 1.29 is 9.90 Å². The Kier molecular flexibility index (Phi) is 7.95. The van der Waals surface area contributed by atoms with Crippen molar-refractivity contribution in [1.82, 2.24) is 9.88 Å². The number of nitrogens with zero attached hydrogens (tertiary/aromatic N) is 3. The molecule has 1 amide bonds. The number of hydrogen-bond acceptors (Lipinski definition) is 7. The van der Waals surface area contributed by atoms with Crippen LogP contribution in [0.5, 0.6) is 0 Å². The molecule has 34 heavy (non-hydrogen) atoms. The zero-order valence-electron chi connectivity index (χ0n) is 19.3. The standard InChI is InChI=1S/C26H32N6O2/c27-26(34)23-19-29-25(17-24(23)28-18-20-5-2-1-3-6-20)30-21-7-9-22(10-8-21)32-12-4-11-31(13-14-32)15-16-33/h1-3,5-10,17,19,33H,4,11-16,18H2,(H2,27,34)(H2,28,29,30). The molecule has 0 unspecified atom stereocenters. The Morgan fingerprint density at radius 1 is 1.03 bits per heavy atom. The number of amides is 1. The van der Waals surface area contributed by atoms with Crippen molar-refractivity contribution in [3.05, 3.63) is 78.0 Å². The summed E-state index contributed by atoms with van der Waals surface area (Å²) < 4.78 is 0. The number of hydrogen-bond donors (Lipinski definition) is 4. The number of nitrogens with two attached hydrogens (primary N) is 1. The smallest absolute Gasteiger partial charge is 0.252 e. The Morgan fingerprint density at radius 2 is 1.82 bits per heavy atom. The van der Waals surface area contributed by atoms with Gasteiger partial charge < -0.3 is 26.4 Å². The highest BCUT2D eigenvalue weighted by atomic mass is 16.3. The molecule has 1 aliphatic heterocycles. The molecule has 3 aromatic rings. The van der Waals surface area contributed by atoms with Gasteiger partial charge in [0.2, 0.25) is 0 Å². The zero-order chi connectivity index (χ0) is 23.8. The topological polar surface area (TPSA) is 107 Å². The second-order valence-corrected chi connectivity index (χ2v) is 8.40. The number of anilines is 4. The number of β-amino-alcohol motifs (C(OH)–C–C–N with tert-alkyl or cyclic N) is 1. The third-order valence-electron chi connectivity index (χ3n) is 6.00. The Labute approximate surface area is 200 Å². The number of aromatic nitrogens is 1. The van der Waals surface area contributed by atoms with Crippen molar-refractivity contribution in [2.75, 3.05) is 54.9 Å². The first-order chi connectivity index (χ1) is 16.6. The fourth-order valence-corrected chi connectivity index (χ4v) is 4.16. The molecule has 5 N–H and O–H groups in total. The molecule has 0 radical (unpaired) electrons. The average Bonchev–Trinajstić information content (AvgIpc) is 3.10. The van der Waals surface area contributed by atoms with Crippen LogP contribution in [0, 0.1) is 0 Å². The number of pyridine rings is 1. The summed E-state index contributed by atoms with van der Waals surface area (Å²) in [6.07, 6.45) is 2.58. The molecule has 8 heteroatoms. The summed E-state index contributed by atoms with van der Waals surface area (Å²) in [4.78, 5) is 20.9. The van der Waals surface area contributed by atoms with Crippen molar-refractivity contribution in [3.8, 4) is 0 Å². The first kappa shape index (κ1) is 23.5. The van der Waals surface area contributed by atoms with Gasteiger partial charge in [-0.3, -0.25) is 9.69 Å². The Balaban J connectivity index is 1.42. The predicted molar refractivity (Wildman–Crippen MR) is 137 cm³/mol. The molecule has 178 valence electrons. The molecule has 0 saturated carbocycles. The number of aliphatic hydroxyl groups excluding tert-OH is 1. The van der Waals surface area contributed by atoms with Crippen LogP contribution in [0.1, 0.15) is 22.3 Å². The molecule has 8 nitrogen and oxygen atoms in total. The van der Waals surface area contributed by atoms with Gasteiger partial charge in [-0.25, -0.2) is 4.98 Å². The summed E-state index contributed by atoms with van der Waals surface area (Å²) in [6.45, 7) is 5.43. The minimum Gasteiger partial charge on any atom is -0.395 e. The maximum Gasteiger partial charge on any atom is 0.252 e. The molecule has 0 spiro atoms. The van der Waals surface area contributed by atoms with Gasteiger partial charge in [0.15, 0.2) is 0 Å². The van der Waals surface area contributed by atoms with E-state index in [2.05, 4.69) is 37.6 Å². The lowest BCUT2D eigenvalue weighted by Gasteiger charge is -2.23. The maximum absolute atomic E-state index is 11.9. The summed E-state index contributed by atoms with van der Waals surface area (Å²) in [7, 11) is 0.